The van der Waals surface area contributed by atoms with Gasteiger partial charge in [0.15, 0.2) is 0 Å². The van der Waals surface area contributed by atoms with Crippen molar-refractivity contribution in [3.8, 4) is 0 Å². The van der Waals surface area contributed by atoms with Crippen molar-refractivity contribution in [3.05, 3.63) is 18.5 Å². The normalized spacial score (nSPS) is 19.3. The molecule has 1 heterocycles. The van der Waals surface area contributed by atoms with E-state index in [0.29, 0.717) is 30.6 Å². The van der Waals surface area contributed by atoms with Gasteiger partial charge in [0.25, 0.3) is 0 Å². The van der Waals surface area contributed by atoms with Gasteiger partial charge in [0.05, 0.1) is 19.4 Å². The van der Waals surface area contributed by atoms with E-state index in [4.69, 9.17) is 9.47 Å². The third-order valence-electron chi connectivity index (χ3n) is 3.98. The highest BCUT2D eigenvalue weighted by atomic mass is 16.5. The van der Waals surface area contributed by atoms with Gasteiger partial charge in [0.1, 0.15) is 11.5 Å². The maximum absolute atomic E-state index is 11.7. The summed E-state index contributed by atoms with van der Waals surface area (Å²) in [6, 6.07) is 0.306. The number of carbonyl (C=O) groups is 1. The van der Waals surface area contributed by atoms with Crippen LogP contribution in [0.4, 0.5) is 10.7 Å². The minimum Gasteiger partial charge on any atom is -0.492 e. The molecule has 0 bridgehead atoms. The molecule has 25 heavy (non-hydrogen) atoms. The second-order valence-electron chi connectivity index (χ2n) is 6.01. The molecule has 1 fully saturated rings. The number of amides is 1. The standard InChI is InChI=1S/C17H27N5O3/c1-4-6-9-25-17(23)20-14-8-7-13(10-14)19-16-18-11-15(21-22-16)12(3)24-5-2/h11,13-14H,3-10H2,1-2H3,(H,20,23)(H,18,19,22)/t13-,14-/m0/s1. The van der Waals surface area contributed by atoms with E-state index in [2.05, 4.69) is 39.3 Å². The summed E-state index contributed by atoms with van der Waals surface area (Å²) in [6.45, 7) is 8.71. The highest BCUT2D eigenvalue weighted by Gasteiger charge is 2.26. The van der Waals surface area contributed by atoms with Crippen molar-refractivity contribution in [3.63, 3.8) is 0 Å². The van der Waals surface area contributed by atoms with Crippen LogP contribution in [0.1, 0.15) is 51.6 Å². The van der Waals surface area contributed by atoms with Gasteiger partial charge < -0.3 is 20.1 Å². The fourth-order valence-electron chi connectivity index (χ4n) is 2.66. The molecular formula is C17H27N5O3. The van der Waals surface area contributed by atoms with Gasteiger partial charge in [-0.15, -0.1) is 10.2 Å². The molecule has 0 saturated heterocycles. The Morgan fingerprint density at radius 3 is 2.76 bits per heavy atom. The van der Waals surface area contributed by atoms with Crippen LogP contribution in [0.2, 0.25) is 0 Å². The lowest BCUT2D eigenvalue weighted by Crippen LogP contribution is -2.34. The molecular weight excluding hydrogens is 322 g/mol. The number of rotatable bonds is 9. The summed E-state index contributed by atoms with van der Waals surface area (Å²) < 4.78 is 10.4. The first-order valence-corrected chi connectivity index (χ1v) is 8.84. The molecule has 2 atom stereocenters. The van der Waals surface area contributed by atoms with Crippen LogP contribution in [0, 0.1) is 0 Å². The summed E-state index contributed by atoms with van der Waals surface area (Å²) in [7, 11) is 0. The molecule has 2 rings (SSSR count). The number of ether oxygens (including phenoxy) is 2. The maximum Gasteiger partial charge on any atom is 0.407 e. The molecule has 138 valence electrons. The molecule has 1 saturated carbocycles. The predicted octanol–water partition coefficient (Wildman–Crippen LogP) is 2.74. The Labute approximate surface area is 148 Å². The van der Waals surface area contributed by atoms with Crippen molar-refractivity contribution in [2.24, 2.45) is 0 Å². The second-order valence-corrected chi connectivity index (χ2v) is 6.01. The van der Waals surface area contributed by atoms with Gasteiger partial charge >= 0.3 is 6.09 Å². The van der Waals surface area contributed by atoms with Crippen molar-refractivity contribution in [2.75, 3.05) is 18.5 Å². The number of hydrogen-bond acceptors (Lipinski definition) is 7. The van der Waals surface area contributed by atoms with Gasteiger partial charge in [-0.3, -0.25) is 0 Å². The van der Waals surface area contributed by atoms with E-state index in [1.54, 1.807) is 6.20 Å². The Kier molecular flexibility index (Phi) is 7.43. The number of carbonyl (C=O) groups excluding carboxylic acids is 1. The van der Waals surface area contributed by atoms with Crippen LogP contribution in [0.25, 0.3) is 5.76 Å². The fraction of sp³-hybridized carbons (Fsp3) is 0.647. The summed E-state index contributed by atoms with van der Waals surface area (Å²) in [6.07, 6.45) is 5.77. The van der Waals surface area contributed by atoms with Crippen LogP contribution >= 0.6 is 0 Å². The molecule has 1 aromatic heterocycles. The molecule has 0 aliphatic heterocycles. The third-order valence-corrected chi connectivity index (χ3v) is 3.98. The van der Waals surface area contributed by atoms with Crippen LogP contribution < -0.4 is 10.6 Å². The summed E-state index contributed by atoms with van der Waals surface area (Å²) in [5.74, 6) is 0.921. The highest BCUT2D eigenvalue weighted by molar-refractivity contribution is 5.67. The topological polar surface area (TPSA) is 98.3 Å². The minimum atomic E-state index is -0.337. The lowest BCUT2D eigenvalue weighted by atomic mass is 10.2. The first-order valence-electron chi connectivity index (χ1n) is 8.84. The predicted molar refractivity (Wildman–Crippen MR) is 94.9 cm³/mol. The van der Waals surface area contributed by atoms with Crippen LogP contribution in [0.5, 0.6) is 0 Å². The van der Waals surface area contributed by atoms with Crippen LogP contribution in [-0.2, 0) is 9.47 Å². The first kappa shape index (κ1) is 19.0. The van der Waals surface area contributed by atoms with E-state index in [9.17, 15) is 4.79 Å². The zero-order valence-electron chi connectivity index (χ0n) is 15.0. The molecule has 0 unspecified atom stereocenters. The Hall–Kier alpha value is -2.38. The smallest absolute Gasteiger partial charge is 0.407 e. The number of alkyl carbamates (subject to hydrolysis) is 1. The number of unbranched alkanes of at least 4 members (excludes halogenated alkanes) is 1. The van der Waals surface area contributed by atoms with Crippen molar-refractivity contribution in [2.45, 2.75) is 58.0 Å². The Morgan fingerprint density at radius 2 is 2.08 bits per heavy atom. The van der Waals surface area contributed by atoms with Gasteiger partial charge in [-0.25, -0.2) is 9.78 Å². The number of hydrogen-bond donors (Lipinski definition) is 2. The molecule has 1 aromatic rings. The molecule has 8 nitrogen and oxygen atoms in total. The molecule has 1 aliphatic carbocycles. The maximum atomic E-state index is 11.7. The molecule has 8 heteroatoms. The first-order chi connectivity index (χ1) is 12.1. The third kappa shape index (κ3) is 6.21. The van der Waals surface area contributed by atoms with Gasteiger partial charge in [0, 0.05) is 12.1 Å². The van der Waals surface area contributed by atoms with Gasteiger partial charge in [0.2, 0.25) is 5.95 Å². The zero-order valence-corrected chi connectivity index (χ0v) is 15.0. The monoisotopic (exact) mass is 349 g/mol. The van der Waals surface area contributed by atoms with Gasteiger partial charge in [-0.1, -0.05) is 19.9 Å². The number of anilines is 1. The van der Waals surface area contributed by atoms with Crippen LogP contribution in [0.15, 0.2) is 12.8 Å². The van der Waals surface area contributed by atoms with Crippen molar-refractivity contribution >= 4 is 17.8 Å². The summed E-state index contributed by atoms with van der Waals surface area (Å²) in [5.41, 5.74) is 0.521. The lowest BCUT2D eigenvalue weighted by Gasteiger charge is -2.14. The average Bonchev–Trinajstić information content (AvgIpc) is 3.03. The Morgan fingerprint density at radius 1 is 1.28 bits per heavy atom. The second kappa shape index (κ2) is 9.80. The molecule has 0 radical (unpaired) electrons. The number of aromatic nitrogens is 3. The highest BCUT2D eigenvalue weighted by Crippen LogP contribution is 2.22. The SMILES string of the molecule is C=C(OCC)c1cnc(N[C@H]2CC[C@H](NC(=O)OCCCC)C2)nn1. The van der Waals surface area contributed by atoms with Gasteiger partial charge in [-0.05, 0) is 32.6 Å². The largest absolute Gasteiger partial charge is 0.492 e. The van der Waals surface area contributed by atoms with Crippen molar-refractivity contribution in [1.82, 2.24) is 20.5 Å². The van der Waals surface area contributed by atoms with E-state index < -0.39 is 0 Å². The molecule has 0 spiro atoms. The van der Waals surface area contributed by atoms with E-state index in [1.165, 1.54) is 0 Å². The summed E-state index contributed by atoms with van der Waals surface area (Å²) in [5, 5.41) is 14.3. The molecule has 1 aliphatic rings. The number of nitrogens with one attached hydrogen (secondary N) is 2. The van der Waals surface area contributed by atoms with Crippen LogP contribution in [0.3, 0.4) is 0 Å². The Balaban J connectivity index is 1.75. The fourth-order valence-corrected chi connectivity index (χ4v) is 2.66. The quantitative estimate of drug-likeness (QED) is 0.522. The average molecular weight is 349 g/mol. The van der Waals surface area contributed by atoms with Gasteiger partial charge in [-0.2, -0.15) is 0 Å². The van der Waals surface area contributed by atoms with Crippen molar-refractivity contribution < 1.29 is 14.3 Å². The molecule has 2 N–H and O–H groups in total. The van der Waals surface area contributed by atoms with E-state index in [-0.39, 0.29) is 18.2 Å². The van der Waals surface area contributed by atoms with Crippen LogP contribution in [-0.4, -0.2) is 46.6 Å². The Bertz CT molecular complexity index is 564. The molecule has 1 amide bonds. The molecule has 0 aromatic carbocycles. The summed E-state index contributed by atoms with van der Waals surface area (Å²) >= 11 is 0. The zero-order chi connectivity index (χ0) is 18.1. The van der Waals surface area contributed by atoms with E-state index in [0.717, 1.165) is 32.1 Å². The lowest BCUT2D eigenvalue weighted by molar-refractivity contribution is 0.140. The minimum absolute atomic E-state index is 0.108. The van der Waals surface area contributed by atoms with E-state index >= 15 is 0 Å². The summed E-state index contributed by atoms with van der Waals surface area (Å²) in [4.78, 5) is 15.9. The van der Waals surface area contributed by atoms with E-state index in [1.807, 2.05) is 6.92 Å². The number of nitrogens with zero attached hydrogens (tertiary/aromatic N) is 3. The van der Waals surface area contributed by atoms with Crippen molar-refractivity contribution in [1.29, 1.82) is 0 Å².